The van der Waals surface area contributed by atoms with Crippen molar-refractivity contribution in [1.29, 1.82) is 0 Å². The summed E-state index contributed by atoms with van der Waals surface area (Å²) in [7, 11) is 0. The van der Waals surface area contributed by atoms with Crippen LogP contribution in [0.3, 0.4) is 0 Å². The van der Waals surface area contributed by atoms with E-state index in [4.69, 9.17) is 0 Å². The van der Waals surface area contributed by atoms with E-state index in [0.717, 1.165) is 6.80 Å². The number of nitrogens with zero attached hydrogens (tertiary/aromatic N) is 2. The van der Waals surface area contributed by atoms with Crippen LogP contribution in [-0.4, -0.2) is 9.91 Å². The molecule has 70 valence electrons. The predicted molar refractivity (Wildman–Crippen MR) is 60.4 cm³/mol. The molecule has 1 saturated carbocycles. The molecule has 0 bridgehead atoms. The third-order valence-corrected chi connectivity index (χ3v) is 4.47. The molecule has 1 heterocycles. The summed E-state index contributed by atoms with van der Waals surface area (Å²) in [6, 6.07) is 0. The normalized spacial score (nSPS) is 18.6. The smallest absolute Gasteiger partial charge is 0.264 e. The van der Waals surface area contributed by atoms with Crippen LogP contribution in [0.2, 0.25) is 0 Å². The van der Waals surface area contributed by atoms with E-state index in [-0.39, 0.29) is 4.92 Å². The molecule has 1 aromatic heterocycles. The summed E-state index contributed by atoms with van der Waals surface area (Å²) in [6.45, 7) is 0. The van der Waals surface area contributed by atoms with E-state index in [1.807, 2.05) is 0 Å². The molecule has 1 aromatic rings. The number of halogens is 2. The van der Waals surface area contributed by atoms with E-state index in [1.165, 1.54) is 11.3 Å². The molecule has 1 fully saturated rings. The Labute approximate surface area is 100 Å². The van der Waals surface area contributed by atoms with Crippen LogP contribution in [0.4, 0.5) is 0 Å². The van der Waals surface area contributed by atoms with Gasteiger partial charge in [-0.05, 0) is 38.5 Å². The van der Waals surface area contributed by atoms with Crippen molar-refractivity contribution in [3.05, 3.63) is 22.6 Å². The SMILES string of the molecule is O=[N+]([O-])C1(c2nc(I)sc2Br)CC1. The second kappa shape index (κ2) is 3.13. The van der Waals surface area contributed by atoms with Gasteiger partial charge in [-0.15, -0.1) is 11.3 Å². The Morgan fingerprint density at radius 3 is 2.62 bits per heavy atom. The highest BCUT2D eigenvalue weighted by Crippen LogP contribution is 2.51. The maximum atomic E-state index is 10.8. The minimum absolute atomic E-state index is 0.219. The summed E-state index contributed by atoms with van der Waals surface area (Å²) < 4.78 is 1.64. The molecule has 0 spiro atoms. The number of aromatic nitrogens is 1. The third-order valence-electron chi connectivity index (χ3n) is 2.07. The van der Waals surface area contributed by atoms with Gasteiger partial charge >= 0.3 is 0 Å². The summed E-state index contributed by atoms with van der Waals surface area (Å²) in [4.78, 5) is 14.8. The highest BCUT2D eigenvalue weighted by atomic mass is 127. The van der Waals surface area contributed by atoms with Crippen LogP contribution in [0.15, 0.2) is 3.79 Å². The first kappa shape index (κ1) is 9.78. The Hall–Kier alpha value is 0.240. The molecule has 7 heteroatoms. The quantitative estimate of drug-likeness (QED) is 0.454. The van der Waals surface area contributed by atoms with Crippen LogP contribution >= 0.6 is 49.9 Å². The van der Waals surface area contributed by atoms with Crippen molar-refractivity contribution in [2.45, 2.75) is 18.4 Å². The lowest BCUT2D eigenvalue weighted by atomic mass is 10.2. The van der Waals surface area contributed by atoms with Crippen LogP contribution in [0.1, 0.15) is 18.5 Å². The van der Waals surface area contributed by atoms with Gasteiger partial charge in [-0.2, -0.15) is 0 Å². The van der Waals surface area contributed by atoms with Crippen molar-refractivity contribution in [3.63, 3.8) is 0 Å². The zero-order chi connectivity index (χ0) is 9.64. The Kier molecular flexibility index (Phi) is 2.35. The number of nitro groups is 1. The van der Waals surface area contributed by atoms with Crippen molar-refractivity contribution in [2.24, 2.45) is 0 Å². The van der Waals surface area contributed by atoms with E-state index in [1.54, 1.807) is 0 Å². The van der Waals surface area contributed by atoms with Crippen LogP contribution in [0.25, 0.3) is 0 Å². The van der Waals surface area contributed by atoms with Crippen molar-refractivity contribution in [2.75, 3.05) is 0 Å². The molecule has 2 rings (SSSR count). The number of rotatable bonds is 2. The molecule has 0 atom stereocenters. The van der Waals surface area contributed by atoms with Crippen molar-refractivity contribution in [1.82, 2.24) is 4.98 Å². The molecule has 1 aliphatic rings. The maximum Gasteiger partial charge on any atom is 0.266 e. The van der Waals surface area contributed by atoms with Crippen molar-refractivity contribution < 1.29 is 4.92 Å². The highest BCUT2D eigenvalue weighted by molar-refractivity contribution is 14.1. The van der Waals surface area contributed by atoms with Crippen LogP contribution in [0, 0.1) is 13.1 Å². The average Bonchev–Trinajstić information content (AvgIpc) is 2.75. The molecular weight excluding hydrogens is 371 g/mol. The number of thiazole rings is 1. The minimum atomic E-state index is -0.876. The lowest BCUT2D eigenvalue weighted by Gasteiger charge is -2.02. The first-order valence-corrected chi connectivity index (χ1v) is 6.22. The first-order valence-electron chi connectivity index (χ1n) is 3.53. The topological polar surface area (TPSA) is 56.0 Å². The van der Waals surface area contributed by atoms with Gasteiger partial charge in [0.15, 0.2) is 3.01 Å². The Morgan fingerprint density at radius 2 is 2.31 bits per heavy atom. The van der Waals surface area contributed by atoms with Gasteiger partial charge in [0.05, 0.1) is 0 Å². The molecule has 0 aliphatic heterocycles. The van der Waals surface area contributed by atoms with Gasteiger partial charge in [-0.3, -0.25) is 10.1 Å². The molecule has 0 amide bonds. The van der Waals surface area contributed by atoms with Gasteiger partial charge in [0.1, 0.15) is 9.48 Å². The van der Waals surface area contributed by atoms with E-state index in [0.29, 0.717) is 18.5 Å². The van der Waals surface area contributed by atoms with Crippen LogP contribution < -0.4 is 0 Å². The zero-order valence-corrected chi connectivity index (χ0v) is 10.8. The zero-order valence-electron chi connectivity index (χ0n) is 6.29. The van der Waals surface area contributed by atoms with Gasteiger partial charge < -0.3 is 0 Å². The first-order chi connectivity index (χ1) is 6.06. The molecule has 0 saturated heterocycles. The highest BCUT2D eigenvalue weighted by Gasteiger charge is 2.60. The van der Waals surface area contributed by atoms with Crippen molar-refractivity contribution >= 4 is 49.9 Å². The van der Waals surface area contributed by atoms with Crippen LogP contribution in [-0.2, 0) is 5.54 Å². The summed E-state index contributed by atoms with van der Waals surface area (Å²) in [5.41, 5.74) is -0.273. The molecule has 13 heavy (non-hydrogen) atoms. The summed E-state index contributed by atoms with van der Waals surface area (Å²) >= 11 is 6.82. The molecule has 0 N–H and O–H groups in total. The number of hydrogen-bond acceptors (Lipinski definition) is 4. The molecule has 0 unspecified atom stereocenters. The molecule has 0 radical (unpaired) electrons. The van der Waals surface area contributed by atoms with E-state index < -0.39 is 5.54 Å². The third kappa shape index (κ3) is 1.50. The summed E-state index contributed by atoms with van der Waals surface area (Å²) in [5, 5.41) is 10.8. The average molecular weight is 375 g/mol. The molecule has 1 aliphatic carbocycles. The predicted octanol–water partition coefficient (Wildman–Crippen LogP) is 2.78. The second-order valence-corrected chi connectivity index (χ2v) is 6.95. The van der Waals surface area contributed by atoms with Gasteiger partial charge in [0.2, 0.25) is 0 Å². The Balaban J connectivity index is 2.46. The molecule has 4 nitrogen and oxygen atoms in total. The second-order valence-electron chi connectivity index (χ2n) is 2.88. The standard InChI is InChI=1S/C6H4BrIN2O2S/c7-4-3(9-5(8)13-4)6(1-2-6)10(11)12/h1-2H2. The van der Waals surface area contributed by atoms with Crippen LogP contribution in [0.5, 0.6) is 0 Å². The molecule has 0 aromatic carbocycles. The van der Waals surface area contributed by atoms with E-state index in [2.05, 4.69) is 43.5 Å². The number of hydrogen-bond donors (Lipinski definition) is 0. The van der Waals surface area contributed by atoms with E-state index >= 15 is 0 Å². The Morgan fingerprint density at radius 1 is 1.69 bits per heavy atom. The van der Waals surface area contributed by atoms with Gasteiger partial charge in [-0.25, -0.2) is 4.98 Å². The van der Waals surface area contributed by atoms with Gasteiger partial charge in [0.25, 0.3) is 5.54 Å². The molecular formula is C6H4BrIN2O2S. The van der Waals surface area contributed by atoms with Gasteiger partial charge in [-0.1, -0.05) is 0 Å². The maximum absolute atomic E-state index is 10.8. The van der Waals surface area contributed by atoms with Crippen molar-refractivity contribution in [3.8, 4) is 0 Å². The summed E-state index contributed by atoms with van der Waals surface area (Å²) in [5.74, 6) is 0. The van der Waals surface area contributed by atoms with Gasteiger partial charge in [0, 0.05) is 17.8 Å². The fourth-order valence-electron chi connectivity index (χ4n) is 1.19. The Bertz CT molecular complexity index is 377. The monoisotopic (exact) mass is 374 g/mol. The largest absolute Gasteiger partial charge is 0.266 e. The fraction of sp³-hybridized carbons (Fsp3) is 0.500. The fourth-order valence-corrected chi connectivity index (χ4v) is 4.53. The summed E-state index contributed by atoms with van der Waals surface area (Å²) in [6.07, 6.45) is 1.22. The lowest BCUT2D eigenvalue weighted by Crippen LogP contribution is -2.19. The van der Waals surface area contributed by atoms with E-state index in [9.17, 15) is 10.1 Å². The minimum Gasteiger partial charge on any atom is -0.264 e. The lowest BCUT2D eigenvalue weighted by molar-refractivity contribution is -0.547.